The van der Waals surface area contributed by atoms with Crippen molar-refractivity contribution in [2.45, 2.75) is 58.8 Å². The van der Waals surface area contributed by atoms with Crippen molar-refractivity contribution in [1.29, 1.82) is 0 Å². The van der Waals surface area contributed by atoms with E-state index in [2.05, 4.69) is 13.8 Å². The third kappa shape index (κ3) is 3.60. The first kappa shape index (κ1) is 18.4. The van der Waals surface area contributed by atoms with Crippen LogP contribution in [0.2, 0.25) is 0 Å². The maximum Gasteiger partial charge on any atom is 0.231 e. The average molecular weight is 336 g/mol. The van der Waals surface area contributed by atoms with Crippen molar-refractivity contribution in [3.8, 4) is 23.0 Å². The Morgan fingerprint density at radius 2 is 1.67 bits per heavy atom. The van der Waals surface area contributed by atoms with Gasteiger partial charge in [-0.05, 0) is 12.8 Å². The van der Waals surface area contributed by atoms with Crippen LogP contribution in [0.25, 0.3) is 0 Å². The van der Waals surface area contributed by atoms with Crippen LogP contribution in [0.3, 0.4) is 0 Å². The van der Waals surface area contributed by atoms with Gasteiger partial charge in [0.15, 0.2) is 17.3 Å². The molecule has 2 rings (SSSR count). The van der Waals surface area contributed by atoms with Gasteiger partial charge in [-0.3, -0.25) is 4.79 Å². The fourth-order valence-electron chi connectivity index (χ4n) is 3.15. The summed E-state index contributed by atoms with van der Waals surface area (Å²) in [7, 11) is 3.16. The summed E-state index contributed by atoms with van der Waals surface area (Å²) < 4.78 is 22.2. The van der Waals surface area contributed by atoms with Crippen molar-refractivity contribution in [3.63, 3.8) is 0 Å². The molecule has 5 nitrogen and oxygen atoms in total. The van der Waals surface area contributed by atoms with Crippen LogP contribution >= 0.6 is 0 Å². The van der Waals surface area contributed by atoms with E-state index in [1.54, 1.807) is 14.2 Å². The molecule has 1 aliphatic rings. The minimum absolute atomic E-state index is 0.0947. The summed E-state index contributed by atoms with van der Waals surface area (Å²) in [5.41, 5.74) is 1.47. The second-order valence-corrected chi connectivity index (χ2v) is 5.97. The largest absolute Gasteiger partial charge is 0.492 e. The summed E-state index contributed by atoms with van der Waals surface area (Å²) in [5.74, 6) is 2.18. The lowest BCUT2D eigenvalue weighted by Crippen LogP contribution is -2.09. The van der Waals surface area contributed by atoms with E-state index in [1.165, 1.54) is 0 Å². The minimum atomic E-state index is 0.0947. The standard InChI is InChI=1S/C19H28O5/c1-5-7-8-9-11-14(20)15-13(10-6-2)16(21-3)18(22-4)19-17(15)23-12-24-19/h5-12H2,1-4H3. The molecular formula is C19H28O5. The third-order valence-electron chi connectivity index (χ3n) is 4.27. The molecule has 0 radical (unpaired) electrons. The van der Waals surface area contributed by atoms with Crippen molar-refractivity contribution in [2.75, 3.05) is 21.0 Å². The van der Waals surface area contributed by atoms with E-state index in [4.69, 9.17) is 18.9 Å². The molecule has 0 fully saturated rings. The van der Waals surface area contributed by atoms with E-state index >= 15 is 0 Å². The number of hydrogen-bond donors (Lipinski definition) is 0. The minimum Gasteiger partial charge on any atom is -0.492 e. The number of unbranched alkanes of at least 4 members (excludes halogenated alkanes) is 3. The number of methoxy groups -OCH3 is 2. The van der Waals surface area contributed by atoms with Gasteiger partial charge in [0, 0.05) is 12.0 Å². The van der Waals surface area contributed by atoms with Crippen LogP contribution in [-0.2, 0) is 6.42 Å². The maximum absolute atomic E-state index is 12.9. The lowest BCUT2D eigenvalue weighted by atomic mass is 9.93. The van der Waals surface area contributed by atoms with Crippen LogP contribution in [0.5, 0.6) is 23.0 Å². The van der Waals surface area contributed by atoms with Crippen molar-refractivity contribution in [3.05, 3.63) is 11.1 Å². The highest BCUT2D eigenvalue weighted by molar-refractivity contribution is 6.02. The van der Waals surface area contributed by atoms with E-state index < -0.39 is 0 Å². The number of carbonyl (C=O) groups is 1. The predicted octanol–water partition coefficient (Wildman–Crippen LogP) is 4.54. The first-order valence-corrected chi connectivity index (χ1v) is 8.79. The molecule has 1 aromatic rings. The zero-order valence-electron chi connectivity index (χ0n) is 15.2. The molecule has 0 saturated carbocycles. The van der Waals surface area contributed by atoms with Gasteiger partial charge >= 0.3 is 0 Å². The summed E-state index contributed by atoms with van der Waals surface area (Å²) in [5, 5.41) is 0. The molecule has 24 heavy (non-hydrogen) atoms. The molecule has 134 valence electrons. The summed E-state index contributed by atoms with van der Waals surface area (Å²) >= 11 is 0. The van der Waals surface area contributed by atoms with E-state index in [0.717, 1.165) is 44.1 Å². The Hall–Kier alpha value is -1.91. The van der Waals surface area contributed by atoms with Gasteiger partial charge in [-0.1, -0.05) is 39.5 Å². The number of Topliss-reactive ketones (excluding diaryl/α,β-unsaturated/α-hetero) is 1. The van der Waals surface area contributed by atoms with Crippen molar-refractivity contribution < 1.29 is 23.7 Å². The molecule has 1 aliphatic heterocycles. The lowest BCUT2D eigenvalue weighted by Gasteiger charge is -2.18. The Kier molecular flexibility index (Phi) is 6.76. The average Bonchev–Trinajstić information content (AvgIpc) is 3.06. The molecule has 0 aliphatic carbocycles. The van der Waals surface area contributed by atoms with Crippen LogP contribution in [0.15, 0.2) is 0 Å². The molecule has 5 heteroatoms. The topological polar surface area (TPSA) is 54.0 Å². The Morgan fingerprint density at radius 1 is 0.958 bits per heavy atom. The van der Waals surface area contributed by atoms with Crippen LogP contribution < -0.4 is 18.9 Å². The molecule has 1 heterocycles. The van der Waals surface area contributed by atoms with Crippen molar-refractivity contribution in [2.24, 2.45) is 0 Å². The molecule has 1 aromatic carbocycles. The number of benzene rings is 1. The first-order valence-electron chi connectivity index (χ1n) is 8.79. The molecule has 0 aromatic heterocycles. The molecular weight excluding hydrogens is 308 g/mol. The molecule has 0 amide bonds. The predicted molar refractivity (Wildman–Crippen MR) is 92.8 cm³/mol. The number of ketones is 1. The molecule has 0 spiro atoms. The number of carbonyl (C=O) groups excluding carboxylic acids is 1. The number of fused-ring (bicyclic) bond motifs is 1. The zero-order chi connectivity index (χ0) is 17.5. The van der Waals surface area contributed by atoms with Gasteiger partial charge in [-0.15, -0.1) is 0 Å². The van der Waals surface area contributed by atoms with E-state index in [1.807, 2.05) is 0 Å². The Bertz CT molecular complexity index is 580. The Morgan fingerprint density at radius 3 is 2.29 bits per heavy atom. The highest BCUT2D eigenvalue weighted by Gasteiger charge is 2.33. The second-order valence-electron chi connectivity index (χ2n) is 5.97. The Balaban J connectivity index is 2.44. The van der Waals surface area contributed by atoms with Gasteiger partial charge in [-0.2, -0.15) is 0 Å². The quantitative estimate of drug-likeness (QED) is 0.464. The van der Waals surface area contributed by atoms with Gasteiger partial charge in [0.1, 0.15) is 0 Å². The van der Waals surface area contributed by atoms with Crippen molar-refractivity contribution >= 4 is 5.78 Å². The van der Waals surface area contributed by atoms with Crippen LogP contribution in [0.1, 0.15) is 68.3 Å². The van der Waals surface area contributed by atoms with Gasteiger partial charge in [-0.25, -0.2) is 0 Å². The molecule has 0 bridgehead atoms. The van der Waals surface area contributed by atoms with Gasteiger partial charge in [0.05, 0.1) is 19.8 Å². The van der Waals surface area contributed by atoms with Gasteiger partial charge in [0.25, 0.3) is 0 Å². The number of ether oxygens (including phenoxy) is 4. The van der Waals surface area contributed by atoms with Gasteiger partial charge in [0.2, 0.25) is 18.3 Å². The summed E-state index contributed by atoms with van der Waals surface area (Å²) in [6, 6.07) is 0. The molecule has 0 saturated heterocycles. The SMILES string of the molecule is CCCCCCC(=O)c1c(CCC)c(OC)c(OC)c2c1OCO2. The smallest absolute Gasteiger partial charge is 0.231 e. The van der Waals surface area contributed by atoms with Crippen LogP contribution in [0, 0.1) is 0 Å². The normalized spacial score (nSPS) is 12.3. The van der Waals surface area contributed by atoms with Crippen molar-refractivity contribution in [1.82, 2.24) is 0 Å². The monoisotopic (exact) mass is 336 g/mol. The maximum atomic E-state index is 12.9. The summed E-state index contributed by atoms with van der Waals surface area (Å²) in [4.78, 5) is 12.9. The molecule has 0 atom stereocenters. The fourth-order valence-corrected chi connectivity index (χ4v) is 3.15. The zero-order valence-corrected chi connectivity index (χ0v) is 15.2. The first-order chi connectivity index (χ1) is 11.7. The lowest BCUT2D eigenvalue weighted by molar-refractivity contribution is 0.0973. The summed E-state index contributed by atoms with van der Waals surface area (Å²) in [6.07, 6.45) is 6.40. The summed E-state index contributed by atoms with van der Waals surface area (Å²) in [6.45, 7) is 4.33. The van der Waals surface area contributed by atoms with E-state index in [0.29, 0.717) is 35.0 Å². The third-order valence-corrected chi connectivity index (χ3v) is 4.27. The number of rotatable bonds is 10. The van der Waals surface area contributed by atoms with E-state index in [9.17, 15) is 4.79 Å². The molecule has 0 N–H and O–H groups in total. The van der Waals surface area contributed by atoms with Crippen LogP contribution in [-0.4, -0.2) is 26.8 Å². The van der Waals surface area contributed by atoms with Gasteiger partial charge < -0.3 is 18.9 Å². The van der Waals surface area contributed by atoms with E-state index in [-0.39, 0.29) is 12.6 Å². The molecule has 0 unspecified atom stereocenters. The Labute approximate surface area is 144 Å². The second kappa shape index (κ2) is 8.81. The van der Waals surface area contributed by atoms with Crippen LogP contribution in [0.4, 0.5) is 0 Å². The fraction of sp³-hybridized carbons (Fsp3) is 0.632. The highest BCUT2D eigenvalue weighted by Crippen LogP contribution is 2.52. The highest BCUT2D eigenvalue weighted by atomic mass is 16.7. The number of hydrogen-bond acceptors (Lipinski definition) is 5.